The van der Waals surface area contributed by atoms with Crippen LogP contribution < -0.4 is 0 Å². The molecular formula is C8H12O4. The minimum Gasteiger partial charge on any atom is -0.461 e. The quantitative estimate of drug-likeness (QED) is 0.596. The first kappa shape index (κ1) is 8.90. The topological polar surface area (TPSA) is 44.8 Å². The first-order valence-electron chi connectivity index (χ1n) is 3.82. The van der Waals surface area contributed by atoms with Crippen molar-refractivity contribution in [2.75, 3.05) is 13.4 Å². The number of hydrogen-bond donors (Lipinski definition) is 0. The third kappa shape index (κ3) is 2.45. The van der Waals surface area contributed by atoms with Crippen molar-refractivity contribution in [3.05, 3.63) is 12.0 Å². The van der Waals surface area contributed by atoms with Crippen molar-refractivity contribution in [2.45, 2.75) is 13.8 Å². The molecule has 1 rings (SSSR count). The molecule has 0 fully saturated rings. The second-order valence-corrected chi connectivity index (χ2v) is 2.90. The van der Waals surface area contributed by atoms with E-state index in [0.29, 0.717) is 12.5 Å². The predicted molar refractivity (Wildman–Crippen MR) is 40.9 cm³/mol. The van der Waals surface area contributed by atoms with Crippen LogP contribution in [0.4, 0.5) is 0 Å². The molecule has 0 saturated heterocycles. The Morgan fingerprint density at radius 1 is 1.75 bits per heavy atom. The summed E-state index contributed by atoms with van der Waals surface area (Å²) >= 11 is 0. The van der Waals surface area contributed by atoms with Crippen molar-refractivity contribution in [3.63, 3.8) is 0 Å². The van der Waals surface area contributed by atoms with Gasteiger partial charge in [0.2, 0.25) is 12.6 Å². The summed E-state index contributed by atoms with van der Waals surface area (Å²) in [6.45, 7) is 4.44. The smallest absolute Gasteiger partial charge is 0.377 e. The molecule has 0 aromatic heterocycles. The van der Waals surface area contributed by atoms with E-state index in [9.17, 15) is 4.79 Å². The van der Waals surface area contributed by atoms with Crippen LogP contribution >= 0.6 is 0 Å². The van der Waals surface area contributed by atoms with E-state index in [1.807, 2.05) is 13.8 Å². The number of carbonyl (C=O) groups is 1. The molecule has 0 unspecified atom stereocenters. The number of carbonyl (C=O) groups excluding carboxylic acids is 1. The Morgan fingerprint density at radius 2 is 2.50 bits per heavy atom. The van der Waals surface area contributed by atoms with Gasteiger partial charge in [0.1, 0.15) is 6.26 Å². The molecule has 1 aliphatic rings. The highest BCUT2D eigenvalue weighted by molar-refractivity contribution is 5.86. The van der Waals surface area contributed by atoms with Crippen molar-refractivity contribution >= 4 is 5.97 Å². The maximum absolute atomic E-state index is 11.1. The second-order valence-electron chi connectivity index (χ2n) is 2.90. The molecule has 0 atom stereocenters. The van der Waals surface area contributed by atoms with Gasteiger partial charge in [-0.15, -0.1) is 0 Å². The van der Waals surface area contributed by atoms with E-state index in [0.717, 1.165) is 0 Å². The van der Waals surface area contributed by atoms with Gasteiger partial charge in [-0.3, -0.25) is 0 Å². The van der Waals surface area contributed by atoms with E-state index in [2.05, 4.69) is 0 Å². The predicted octanol–water partition coefficient (Wildman–Crippen LogP) is 1.03. The highest BCUT2D eigenvalue weighted by atomic mass is 16.7. The van der Waals surface area contributed by atoms with Gasteiger partial charge in [0.05, 0.1) is 6.61 Å². The minimum atomic E-state index is -0.457. The van der Waals surface area contributed by atoms with Gasteiger partial charge in [0, 0.05) is 0 Å². The number of hydrogen-bond acceptors (Lipinski definition) is 4. The maximum Gasteiger partial charge on any atom is 0.377 e. The van der Waals surface area contributed by atoms with Gasteiger partial charge in [0.25, 0.3) is 0 Å². The molecule has 0 amide bonds. The molecule has 0 bridgehead atoms. The van der Waals surface area contributed by atoms with E-state index in [4.69, 9.17) is 14.2 Å². The molecule has 0 aromatic rings. The first-order valence-corrected chi connectivity index (χ1v) is 3.82. The van der Waals surface area contributed by atoms with Crippen LogP contribution in [0.25, 0.3) is 0 Å². The molecule has 0 N–H and O–H groups in total. The molecule has 1 aliphatic heterocycles. The highest BCUT2D eigenvalue weighted by Gasteiger charge is 2.17. The zero-order valence-electron chi connectivity index (χ0n) is 7.20. The van der Waals surface area contributed by atoms with Gasteiger partial charge >= 0.3 is 5.97 Å². The highest BCUT2D eigenvalue weighted by Crippen LogP contribution is 2.08. The van der Waals surface area contributed by atoms with Crippen molar-refractivity contribution in [3.8, 4) is 0 Å². The van der Waals surface area contributed by atoms with E-state index in [-0.39, 0.29) is 12.6 Å². The van der Waals surface area contributed by atoms with Crippen LogP contribution in [-0.4, -0.2) is 19.4 Å². The molecule has 0 saturated carbocycles. The average Bonchev–Trinajstić information content (AvgIpc) is 2.51. The number of rotatable bonds is 3. The average molecular weight is 172 g/mol. The van der Waals surface area contributed by atoms with Crippen LogP contribution in [0, 0.1) is 5.92 Å². The molecule has 0 radical (unpaired) electrons. The standard InChI is InChI=1S/C8H12O4/c1-6(2)3-11-8(9)7-4-10-5-12-7/h4,6H,3,5H2,1-2H3. The lowest BCUT2D eigenvalue weighted by Gasteiger charge is -2.05. The molecule has 0 spiro atoms. The summed E-state index contributed by atoms with van der Waals surface area (Å²) in [6, 6.07) is 0. The zero-order valence-corrected chi connectivity index (χ0v) is 7.20. The largest absolute Gasteiger partial charge is 0.461 e. The minimum absolute atomic E-state index is 0.103. The summed E-state index contributed by atoms with van der Waals surface area (Å²) in [5.74, 6) is 0.0220. The Kier molecular flexibility index (Phi) is 2.96. The SMILES string of the molecule is CC(C)COC(=O)C1=COCO1. The summed E-state index contributed by atoms with van der Waals surface area (Å²) in [7, 11) is 0. The molecule has 4 nitrogen and oxygen atoms in total. The second kappa shape index (κ2) is 3.99. The summed E-state index contributed by atoms with van der Waals surface area (Å²) in [4.78, 5) is 11.1. The van der Waals surface area contributed by atoms with Crippen molar-refractivity contribution in [2.24, 2.45) is 5.92 Å². The van der Waals surface area contributed by atoms with E-state index >= 15 is 0 Å². The van der Waals surface area contributed by atoms with Crippen molar-refractivity contribution in [1.82, 2.24) is 0 Å². The monoisotopic (exact) mass is 172 g/mol. The molecule has 1 heterocycles. The van der Waals surface area contributed by atoms with Gasteiger partial charge in [-0.05, 0) is 5.92 Å². The van der Waals surface area contributed by atoms with Crippen LogP contribution in [0.5, 0.6) is 0 Å². The van der Waals surface area contributed by atoms with Gasteiger partial charge < -0.3 is 14.2 Å². The van der Waals surface area contributed by atoms with Crippen LogP contribution in [0.1, 0.15) is 13.8 Å². The molecule has 4 heteroatoms. The summed E-state index contributed by atoms with van der Waals surface area (Å²) in [6.07, 6.45) is 1.27. The fourth-order valence-electron chi connectivity index (χ4n) is 0.662. The van der Waals surface area contributed by atoms with E-state index in [1.165, 1.54) is 6.26 Å². The lowest BCUT2D eigenvalue weighted by atomic mass is 10.2. The normalized spacial score (nSPS) is 15.1. The third-order valence-corrected chi connectivity index (χ3v) is 1.22. The van der Waals surface area contributed by atoms with Crippen LogP contribution in [-0.2, 0) is 19.0 Å². The van der Waals surface area contributed by atoms with E-state index in [1.54, 1.807) is 0 Å². The molecule has 0 aliphatic carbocycles. The lowest BCUT2D eigenvalue weighted by molar-refractivity contribution is -0.144. The Labute approximate surface area is 71.1 Å². The summed E-state index contributed by atoms with van der Waals surface area (Å²) < 4.78 is 14.4. The Balaban J connectivity index is 2.28. The van der Waals surface area contributed by atoms with Gasteiger partial charge in [-0.2, -0.15) is 0 Å². The van der Waals surface area contributed by atoms with Crippen LogP contribution in [0.15, 0.2) is 12.0 Å². The fraction of sp³-hybridized carbons (Fsp3) is 0.625. The number of ether oxygens (including phenoxy) is 3. The summed E-state index contributed by atoms with van der Waals surface area (Å²) in [5.41, 5.74) is 0. The van der Waals surface area contributed by atoms with Crippen molar-refractivity contribution < 1.29 is 19.0 Å². The third-order valence-electron chi connectivity index (χ3n) is 1.22. The van der Waals surface area contributed by atoms with Gasteiger partial charge in [0.15, 0.2) is 0 Å². The van der Waals surface area contributed by atoms with Gasteiger partial charge in [-0.25, -0.2) is 4.79 Å². The molecule has 0 aromatic carbocycles. The molecular weight excluding hydrogens is 160 g/mol. The Bertz CT molecular complexity index is 195. The lowest BCUT2D eigenvalue weighted by Crippen LogP contribution is -2.12. The Morgan fingerprint density at radius 3 is 3.00 bits per heavy atom. The maximum atomic E-state index is 11.1. The van der Waals surface area contributed by atoms with Crippen LogP contribution in [0.2, 0.25) is 0 Å². The Hall–Kier alpha value is -1.19. The zero-order chi connectivity index (χ0) is 8.97. The summed E-state index contributed by atoms with van der Waals surface area (Å²) in [5, 5.41) is 0. The van der Waals surface area contributed by atoms with Crippen molar-refractivity contribution in [1.29, 1.82) is 0 Å². The first-order chi connectivity index (χ1) is 5.70. The molecule has 12 heavy (non-hydrogen) atoms. The van der Waals surface area contributed by atoms with Gasteiger partial charge in [-0.1, -0.05) is 13.8 Å². The molecule has 68 valence electrons. The van der Waals surface area contributed by atoms with E-state index < -0.39 is 5.97 Å². The number of esters is 1. The van der Waals surface area contributed by atoms with Crippen LogP contribution in [0.3, 0.4) is 0 Å². The fourth-order valence-corrected chi connectivity index (χ4v) is 0.662.